The van der Waals surface area contributed by atoms with E-state index in [4.69, 9.17) is 15.2 Å². The second kappa shape index (κ2) is 5.96. The van der Waals surface area contributed by atoms with Crippen LogP contribution in [0.3, 0.4) is 0 Å². The summed E-state index contributed by atoms with van der Waals surface area (Å²) in [6.45, 7) is 5.31. The van der Waals surface area contributed by atoms with Crippen molar-refractivity contribution in [2.24, 2.45) is 0 Å². The molecule has 0 bridgehead atoms. The van der Waals surface area contributed by atoms with E-state index in [2.05, 4.69) is 26.9 Å². The van der Waals surface area contributed by atoms with E-state index in [0.717, 1.165) is 49.9 Å². The predicted octanol–water partition coefficient (Wildman–Crippen LogP) is 1.71. The van der Waals surface area contributed by atoms with Crippen LogP contribution in [-0.2, 0) is 6.54 Å². The summed E-state index contributed by atoms with van der Waals surface area (Å²) in [5.41, 5.74) is 8.05. The Labute approximate surface area is 135 Å². The number of ether oxygens (including phenoxy) is 2. The van der Waals surface area contributed by atoms with Gasteiger partial charge in [0.25, 0.3) is 0 Å². The van der Waals surface area contributed by atoms with Crippen molar-refractivity contribution in [3.63, 3.8) is 0 Å². The molecule has 0 radical (unpaired) electrons. The van der Waals surface area contributed by atoms with Gasteiger partial charge in [0.2, 0.25) is 6.79 Å². The number of anilines is 2. The van der Waals surface area contributed by atoms with E-state index in [0.29, 0.717) is 12.6 Å². The maximum atomic E-state index is 5.65. The molecule has 6 nitrogen and oxygen atoms in total. The van der Waals surface area contributed by atoms with E-state index in [1.807, 2.05) is 24.4 Å². The Morgan fingerprint density at radius 2 is 1.83 bits per heavy atom. The normalized spacial score (nSPS) is 17.5. The van der Waals surface area contributed by atoms with Crippen LogP contribution in [0.5, 0.6) is 11.5 Å². The van der Waals surface area contributed by atoms with E-state index >= 15 is 0 Å². The third kappa shape index (κ3) is 3.03. The summed E-state index contributed by atoms with van der Waals surface area (Å²) < 4.78 is 10.8. The minimum Gasteiger partial charge on any atom is -0.454 e. The van der Waals surface area contributed by atoms with E-state index in [1.165, 1.54) is 5.56 Å². The molecule has 1 aromatic carbocycles. The summed E-state index contributed by atoms with van der Waals surface area (Å²) in [5, 5.41) is 0. The van der Waals surface area contributed by atoms with Crippen LogP contribution in [0.1, 0.15) is 5.56 Å². The Bertz CT molecular complexity index is 681. The van der Waals surface area contributed by atoms with Gasteiger partial charge >= 0.3 is 0 Å². The first kappa shape index (κ1) is 14.1. The van der Waals surface area contributed by atoms with Crippen LogP contribution in [0.25, 0.3) is 0 Å². The SMILES string of the molecule is Nc1ccc(N2CCN(Cc3ccc4c(c3)OCO4)CC2)cn1. The summed E-state index contributed by atoms with van der Waals surface area (Å²) in [5.74, 6) is 2.26. The molecule has 1 fully saturated rings. The second-order valence-electron chi connectivity index (χ2n) is 5.89. The number of fused-ring (bicyclic) bond motifs is 1. The van der Waals surface area contributed by atoms with E-state index in [-0.39, 0.29) is 0 Å². The van der Waals surface area contributed by atoms with Crippen LogP contribution in [0.4, 0.5) is 11.5 Å². The van der Waals surface area contributed by atoms with Crippen LogP contribution in [-0.4, -0.2) is 42.9 Å². The number of piperazine rings is 1. The first-order valence-electron chi connectivity index (χ1n) is 7.85. The van der Waals surface area contributed by atoms with Gasteiger partial charge in [0, 0.05) is 32.7 Å². The zero-order chi connectivity index (χ0) is 15.6. The second-order valence-corrected chi connectivity index (χ2v) is 5.89. The molecule has 2 aliphatic heterocycles. The van der Waals surface area contributed by atoms with Crippen LogP contribution >= 0.6 is 0 Å². The number of benzene rings is 1. The van der Waals surface area contributed by atoms with E-state index in [9.17, 15) is 0 Å². The van der Waals surface area contributed by atoms with Gasteiger partial charge in [-0.1, -0.05) is 6.07 Å². The molecule has 1 saturated heterocycles. The van der Waals surface area contributed by atoms with Crippen LogP contribution in [0.2, 0.25) is 0 Å². The largest absolute Gasteiger partial charge is 0.454 e. The molecule has 2 N–H and O–H groups in total. The first-order chi connectivity index (χ1) is 11.3. The van der Waals surface area contributed by atoms with Crippen molar-refractivity contribution in [1.82, 2.24) is 9.88 Å². The third-order valence-electron chi connectivity index (χ3n) is 4.35. The van der Waals surface area contributed by atoms with Gasteiger partial charge in [0.05, 0.1) is 11.9 Å². The summed E-state index contributed by atoms with van der Waals surface area (Å²) in [7, 11) is 0. The molecule has 0 saturated carbocycles. The number of hydrogen-bond acceptors (Lipinski definition) is 6. The quantitative estimate of drug-likeness (QED) is 0.931. The monoisotopic (exact) mass is 312 g/mol. The smallest absolute Gasteiger partial charge is 0.231 e. The number of nitrogens with zero attached hydrogens (tertiary/aromatic N) is 3. The predicted molar refractivity (Wildman–Crippen MR) is 88.7 cm³/mol. The van der Waals surface area contributed by atoms with E-state index in [1.54, 1.807) is 0 Å². The molecule has 3 heterocycles. The molecule has 6 heteroatoms. The number of hydrogen-bond donors (Lipinski definition) is 1. The maximum absolute atomic E-state index is 5.65. The van der Waals surface area contributed by atoms with Crippen molar-refractivity contribution in [2.75, 3.05) is 43.6 Å². The number of nitrogen functional groups attached to an aromatic ring is 1. The highest BCUT2D eigenvalue weighted by Gasteiger charge is 2.19. The van der Waals surface area contributed by atoms with Crippen LogP contribution in [0.15, 0.2) is 36.5 Å². The fourth-order valence-electron chi connectivity index (χ4n) is 3.05. The lowest BCUT2D eigenvalue weighted by atomic mass is 10.1. The first-order valence-corrected chi connectivity index (χ1v) is 7.85. The van der Waals surface area contributed by atoms with Gasteiger partial charge in [-0.25, -0.2) is 4.98 Å². The Morgan fingerprint density at radius 1 is 1.00 bits per heavy atom. The molecule has 0 aliphatic carbocycles. The lowest BCUT2D eigenvalue weighted by Crippen LogP contribution is -2.46. The summed E-state index contributed by atoms with van der Waals surface area (Å²) in [4.78, 5) is 8.98. The number of nitrogens with two attached hydrogens (primary N) is 1. The molecule has 0 unspecified atom stereocenters. The highest BCUT2D eigenvalue weighted by atomic mass is 16.7. The van der Waals surface area contributed by atoms with Gasteiger partial charge in [-0.2, -0.15) is 0 Å². The van der Waals surface area contributed by atoms with Gasteiger partial charge in [-0.3, -0.25) is 4.90 Å². The van der Waals surface area contributed by atoms with Crippen molar-refractivity contribution < 1.29 is 9.47 Å². The highest BCUT2D eigenvalue weighted by Crippen LogP contribution is 2.32. The Morgan fingerprint density at radius 3 is 2.61 bits per heavy atom. The van der Waals surface area contributed by atoms with E-state index < -0.39 is 0 Å². The fourth-order valence-corrected chi connectivity index (χ4v) is 3.05. The molecule has 120 valence electrons. The van der Waals surface area contributed by atoms with Gasteiger partial charge in [-0.15, -0.1) is 0 Å². The average Bonchev–Trinajstić information content (AvgIpc) is 3.04. The topological polar surface area (TPSA) is 63.9 Å². The number of pyridine rings is 1. The van der Waals surface area contributed by atoms with Gasteiger partial charge < -0.3 is 20.1 Å². The third-order valence-corrected chi connectivity index (χ3v) is 4.35. The van der Waals surface area contributed by atoms with Crippen LogP contribution in [0, 0.1) is 0 Å². The summed E-state index contributed by atoms with van der Waals surface area (Å²) >= 11 is 0. The molecular formula is C17H20N4O2. The van der Waals surface area contributed by atoms with Gasteiger partial charge in [0.1, 0.15) is 5.82 Å². The molecule has 4 rings (SSSR count). The Kier molecular flexibility index (Phi) is 3.67. The van der Waals surface area contributed by atoms with Gasteiger partial charge in [0.15, 0.2) is 11.5 Å². The molecule has 2 aliphatic rings. The Balaban J connectivity index is 1.35. The van der Waals surface area contributed by atoms with Crippen molar-refractivity contribution in [3.8, 4) is 11.5 Å². The zero-order valence-corrected chi connectivity index (χ0v) is 12.9. The highest BCUT2D eigenvalue weighted by molar-refractivity contribution is 5.48. The number of rotatable bonds is 3. The summed E-state index contributed by atoms with van der Waals surface area (Å²) in [6, 6.07) is 10.1. The van der Waals surface area contributed by atoms with Crippen molar-refractivity contribution in [2.45, 2.75) is 6.54 Å². The molecule has 23 heavy (non-hydrogen) atoms. The lowest BCUT2D eigenvalue weighted by Gasteiger charge is -2.36. The molecule has 1 aromatic heterocycles. The van der Waals surface area contributed by atoms with Crippen molar-refractivity contribution in [1.29, 1.82) is 0 Å². The molecular weight excluding hydrogens is 292 g/mol. The molecule has 0 spiro atoms. The molecule has 0 atom stereocenters. The Hall–Kier alpha value is -2.47. The fraction of sp³-hybridized carbons (Fsp3) is 0.353. The maximum Gasteiger partial charge on any atom is 0.231 e. The van der Waals surface area contributed by atoms with Crippen molar-refractivity contribution in [3.05, 3.63) is 42.1 Å². The standard InChI is InChI=1S/C17H20N4O2/c18-17-4-2-14(10-19-17)21-7-5-20(6-8-21)11-13-1-3-15-16(9-13)23-12-22-15/h1-4,9-10H,5-8,11-12H2,(H2,18,19). The number of aromatic nitrogens is 1. The molecule has 2 aromatic rings. The average molecular weight is 312 g/mol. The van der Waals surface area contributed by atoms with Crippen LogP contribution < -0.4 is 20.1 Å². The minimum atomic E-state index is 0.326. The minimum absolute atomic E-state index is 0.326. The van der Waals surface area contributed by atoms with Gasteiger partial charge in [-0.05, 0) is 29.8 Å². The summed E-state index contributed by atoms with van der Waals surface area (Å²) in [6.07, 6.45) is 1.85. The zero-order valence-electron chi connectivity index (χ0n) is 12.9. The molecule has 0 amide bonds. The lowest BCUT2D eigenvalue weighted by molar-refractivity contribution is 0.174. The van der Waals surface area contributed by atoms with Crippen molar-refractivity contribution >= 4 is 11.5 Å².